The predicted molar refractivity (Wildman–Crippen MR) is 108 cm³/mol. The number of thiazole rings is 1. The average Bonchev–Trinajstić information content (AvgIpc) is 2.98. The van der Waals surface area contributed by atoms with Crippen LogP contribution in [0.2, 0.25) is 0 Å². The molecule has 0 fully saturated rings. The van der Waals surface area contributed by atoms with Crippen molar-refractivity contribution in [3.05, 3.63) is 75.9 Å². The number of aliphatic imine (C=N–C) groups is 1. The number of rotatable bonds is 4. The Kier molecular flexibility index (Phi) is 5.83. The summed E-state index contributed by atoms with van der Waals surface area (Å²) in [5, 5.41) is 0. The lowest BCUT2D eigenvalue weighted by Gasteiger charge is -2.02. The van der Waals surface area contributed by atoms with E-state index in [1.165, 1.54) is 11.3 Å². The number of nitrogens with zero attached hydrogens (tertiary/aromatic N) is 3. The number of nitrogen functional groups attached to an aromatic ring is 1. The van der Waals surface area contributed by atoms with E-state index < -0.39 is 5.97 Å². The highest BCUT2D eigenvalue weighted by Gasteiger charge is 2.17. The molecule has 0 aliphatic carbocycles. The second-order valence-electron chi connectivity index (χ2n) is 5.63. The summed E-state index contributed by atoms with van der Waals surface area (Å²) in [7, 11) is 1.76. The Morgan fingerprint density at radius 2 is 1.74 bits per heavy atom. The second-order valence-corrected chi connectivity index (χ2v) is 6.60. The van der Waals surface area contributed by atoms with Crippen LogP contribution in [0, 0.1) is 0 Å². The van der Waals surface area contributed by atoms with Crippen LogP contribution in [-0.4, -0.2) is 23.0 Å². The molecule has 0 atom stereocenters. The van der Waals surface area contributed by atoms with Gasteiger partial charge in [-0.05, 0) is 19.1 Å². The highest BCUT2D eigenvalue weighted by Crippen LogP contribution is 2.17. The van der Waals surface area contributed by atoms with Gasteiger partial charge in [0.15, 0.2) is 15.5 Å². The number of amidine groups is 1. The molecule has 3 rings (SSSR count). The van der Waals surface area contributed by atoms with Gasteiger partial charge in [-0.3, -0.25) is 0 Å². The molecule has 6 nitrogen and oxygen atoms in total. The van der Waals surface area contributed by atoms with Gasteiger partial charge >= 0.3 is 5.97 Å². The summed E-state index contributed by atoms with van der Waals surface area (Å²) in [5.41, 5.74) is 7.73. The Morgan fingerprint density at radius 3 is 2.37 bits per heavy atom. The molecule has 2 N–H and O–H groups in total. The van der Waals surface area contributed by atoms with E-state index in [-0.39, 0.29) is 6.61 Å². The second kappa shape index (κ2) is 8.46. The Balaban J connectivity index is 2.13. The zero-order valence-electron chi connectivity index (χ0n) is 15.1. The maximum absolute atomic E-state index is 12.1. The molecular formula is C20H20N4O2S. The smallest absolute Gasteiger partial charge is 0.352 e. The first-order valence-corrected chi connectivity index (χ1v) is 9.28. The molecule has 1 aromatic heterocycles. The van der Waals surface area contributed by atoms with E-state index >= 15 is 0 Å². The number of anilines is 1. The minimum absolute atomic E-state index is 0.289. The molecule has 0 spiro atoms. The van der Waals surface area contributed by atoms with E-state index in [2.05, 4.69) is 4.99 Å². The molecule has 7 heteroatoms. The number of hydrogen-bond acceptors (Lipinski definition) is 5. The Hall–Kier alpha value is -3.19. The normalized spacial score (nSPS) is 12.2. The third-order valence-electron chi connectivity index (χ3n) is 3.76. The van der Waals surface area contributed by atoms with Crippen molar-refractivity contribution < 1.29 is 9.53 Å². The first-order valence-electron chi connectivity index (χ1n) is 8.46. The van der Waals surface area contributed by atoms with Gasteiger partial charge in [-0.15, -0.1) is 0 Å². The fraction of sp³-hybridized carbons (Fsp3) is 0.150. The van der Waals surface area contributed by atoms with Gasteiger partial charge in [0.2, 0.25) is 0 Å². The summed E-state index contributed by atoms with van der Waals surface area (Å²) in [6.07, 6.45) is 0. The number of ether oxygens (including phenoxy) is 1. The minimum atomic E-state index is -0.446. The summed E-state index contributed by atoms with van der Waals surface area (Å²) in [6, 6.07) is 19.3. The monoisotopic (exact) mass is 380 g/mol. The molecule has 0 aliphatic heterocycles. The fourth-order valence-electron chi connectivity index (χ4n) is 2.36. The molecule has 0 saturated heterocycles. The number of carbonyl (C=O) groups is 1. The van der Waals surface area contributed by atoms with E-state index in [1.54, 1.807) is 18.5 Å². The molecule has 0 amide bonds. The van der Waals surface area contributed by atoms with Crippen molar-refractivity contribution in [2.45, 2.75) is 6.92 Å². The van der Waals surface area contributed by atoms with E-state index in [1.807, 2.05) is 60.7 Å². The maximum Gasteiger partial charge on any atom is 0.352 e. The van der Waals surface area contributed by atoms with Gasteiger partial charge in [-0.2, -0.15) is 0 Å². The molecule has 2 aromatic carbocycles. The predicted octanol–water partition coefficient (Wildman–Crippen LogP) is 3.52. The Labute approximate surface area is 161 Å². The number of carbonyl (C=O) groups excluding carboxylic acids is 1. The largest absolute Gasteiger partial charge is 0.462 e. The summed E-state index contributed by atoms with van der Waals surface area (Å²) >= 11 is 1.18. The molecule has 0 bridgehead atoms. The van der Waals surface area contributed by atoms with Crippen molar-refractivity contribution in [2.24, 2.45) is 17.0 Å². The highest BCUT2D eigenvalue weighted by atomic mass is 32.1. The molecule has 1 heterocycles. The standard InChI is InChI=1S/C20H20N4O2S/c1-3-26-19(25)16-17(21)24(2)20(27-16)23-18(14-10-6-4-7-11-14)22-15-12-8-5-9-13-15/h4-13H,3,21H2,1-2H3. The maximum atomic E-state index is 12.1. The lowest BCUT2D eigenvalue weighted by molar-refractivity contribution is 0.0533. The van der Waals surface area contributed by atoms with E-state index in [9.17, 15) is 4.79 Å². The van der Waals surface area contributed by atoms with Crippen LogP contribution in [-0.2, 0) is 11.8 Å². The number of hydrogen-bond donors (Lipinski definition) is 1. The van der Waals surface area contributed by atoms with Crippen LogP contribution < -0.4 is 10.5 Å². The van der Waals surface area contributed by atoms with Crippen molar-refractivity contribution in [2.75, 3.05) is 12.3 Å². The lowest BCUT2D eigenvalue weighted by Crippen LogP contribution is -2.16. The number of nitrogens with two attached hydrogens (primary N) is 1. The van der Waals surface area contributed by atoms with Crippen molar-refractivity contribution >= 4 is 34.6 Å². The SMILES string of the molecule is CCOC(=O)c1sc(=NC(=Nc2ccccc2)c2ccccc2)n(C)c1N. The van der Waals surface area contributed by atoms with Crippen LogP contribution in [0.1, 0.15) is 22.2 Å². The van der Waals surface area contributed by atoms with Gasteiger partial charge in [0.05, 0.1) is 12.3 Å². The van der Waals surface area contributed by atoms with E-state index in [0.717, 1.165) is 11.3 Å². The van der Waals surface area contributed by atoms with Gasteiger partial charge < -0.3 is 15.0 Å². The zero-order valence-corrected chi connectivity index (χ0v) is 15.9. The van der Waals surface area contributed by atoms with Crippen molar-refractivity contribution in [3.8, 4) is 0 Å². The molecule has 0 saturated carbocycles. The number of benzene rings is 2. The number of esters is 1. The Morgan fingerprint density at radius 1 is 1.11 bits per heavy atom. The third kappa shape index (κ3) is 4.32. The van der Waals surface area contributed by atoms with Crippen LogP contribution in [0.5, 0.6) is 0 Å². The first-order chi connectivity index (χ1) is 13.1. The number of para-hydroxylation sites is 1. The van der Waals surface area contributed by atoms with Gasteiger partial charge in [0.1, 0.15) is 5.82 Å². The molecule has 3 aromatic rings. The molecule has 27 heavy (non-hydrogen) atoms. The van der Waals surface area contributed by atoms with Gasteiger partial charge in [0, 0.05) is 12.6 Å². The molecule has 0 unspecified atom stereocenters. The zero-order chi connectivity index (χ0) is 19.2. The van der Waals surface area contributed by atoms with Gasteiger partial charge in [-0.25, -0.2) is 14.8 Å². The minimum Gasteiger partial charge on any atom is -0.462 e. The van der Waals surface area contributed by atoms with Crippen molar-refractivity contribution in [3.63, 3.8) is 0 Å². The first kappa shape index (κ1) is 18.6. The van der Waals surface area contributed by atoms with Crippen molar-refractivity contribution in [1.82, 2.24) is 4.57 Å². The summed E-state index contributed by atoms with van der Waals surface area (Å²) in [5.74, 6) is 0.414. The van der Waals surface area contributed by atoms with Crippen molar-refractivity contribution in [1.29, 1.82) is 0 Å². The summed E-state index contributed by atoms with van der Waals surface area (Å²) in [6.45, 7) is 2.05. The molecule has 0 aliphatic rings. The van der Waals surface area contributed by atoms with Crippen LogP contribution >= 0.6 is 11.3 Å². The fourth-order valence-corrected chi connectivity index (χ4v) is 3.30. The molecule has 138 valence electrons. The van der Waals surface area contributed by atoms with E-state index in [0.29, 0.717) is 21.3 Å². The van der Waals surface area contributed by atoms with Crippen LogP contribution in [0.4, 0.5) is 11.5 Å². The van der Waals surface area contributed by atoms with Crippen LogP contribution in [0.15, 0.2) is 70.6 Å². The molecule has 0 radical (unpaired) electrons. The molecular weight excluding hydrogens is 360 g/mol. The summed E-state index contributed by atoms with van der Waals surface area (Å²) < 4.78 is 6.74. The lowest BCUT2D eigenvalue weighted by atomic mass is 10.2. The average molecular weight is 380 g/mol. The van der Waals surface area contributed by atoms with Gasteiger partial charge in [-0.1, -0.05) is 59.9 Å². The summed E-state index contributed by atoms with van der Waals surface area (Å²) in [4.78, 5) is 22.4. The van der Waals surface area contributed by atoms with Crippen LogP contribution in [0.3, 0.4) is 0 Å². The third-order valence-corrected chi connectivity index (χ3v) is 4.89. The topological polar surface area (TPSA) is 82.0 Å². The quantitative estimate of drug-likeness (QED) is 0.427. The van der Waals surface area contributed by atoms with Gasteiger partial charge in [0.25, 0.3) is 0 Å². The number of aromatic nitrogens is 1. The Bertz CT molecular complexity index is 1020. The highest BCUT2D eigenvalue weighted by molar-refractivity contribution is 7.11. The van der Waals surface area contributed by atoms with E-state index in [4.69, 9.17) is 15.5 Å². The van der Waals surface area contributed by atoms with Crippen LogP contribution in [0.25, 0.3) is 0 Å².